The quantitative estimate of drug-likeness (QED) is 0.367. The lowest BCUT2D eigenvalue weighted by Gasteiger charge is -2.11. The topological polar surface area (TPSA) is 95.6 Å². The van der Waals surface area contributed by atoms with E-state index in [-0.39, 0.29) is 18.8 Å². The molecule has 0 bridgehead atoms. The number of benzene rings is 1. The zero-order valence-corrected chi connectivity index (χ0v) is 7.96. The molecule has 1 rings (SSSR count). The summed E-state index contributed by atoms with van der Waals surface area (Å²) in [4.78, 5) is 9.85. The van der Waals surface area contributed by atoms with Crippen molar-refractivity contribution in [3.8, 4) is 0 Å². The van der Waals surface area contributed by atoms with Crippen LogP contribution in [0.4, 0.5) is 5.69 Å². The van der Waals surface area contributed by atoms with Gasteiger partial charge in [0.25, 0.3) is 5.69 Å². The number of nitro benzene ring substituents is 1. The van der Waals surface area contributed by atoms with Crippen LogP contribution in [0.5, 0.6) is 0 Å². The highest BCUT2D eigenvalue weighted by Gasteiger charge is 2.09. The number of aliphatic hydroxyl groups excluding tert-OH is 2. The second kappa shape index (κ2) is 5.40. The largest absolute Gasteiger partial charge is 0.395 e. The van der Waals surface area contributed by atoms with Gasteiger partial charge in [-0.2, -0.15) is 0 Å². The number of nitrogens with zero attached hydrogens (tertiary/aromatic N) is 1. The summed E-state index contributed by atoms with van der Waals surface area (Å²) in [7, 11) is 0. The second-order valence-corrected chi connectivity index (χ2v) is 2.93. The first-order valence-corrected chi connectivity index (χ1v) is 4.42. The van der Waals surface area contributed by atoms with E-state index in [1.54, 1.807) is 0 Å². The van der Waals surface area contributed by atoms with Crippen LogP contribution in [0.3, 0.4) is 0 Å². The average molecular weight is 212 g/mol. The van der Waals surface area contributed by atoms with E-state index >= 15 is 0 Å². The molecule has 1 aromatic rings. The SMILES string of the molecule is O=[N+]([O-])c1ccc(C(O)NCCO)cc1. The van der Waals surface area contributed by atoms with Crippen molar-refractivity contribution in [2.45, 2.75) is 6.23 Å². The minimum absolute atomic E-state index is 0.0203. The predicted octanol–water partition coefficient (Wildman–Crippen LogP) is 0.168. The van der Waals surface area contributed by atoms with Gasteiger partial charge in [0.05, 0.1) is 11.5 Å². The van der Waals surface area contributed by atoms with Crippen molar-refractivity contribution in [2.75, 3.05) is 13.2 Å². The molecule has 0 heterocycles. The van der Waals surface area contributed by atoms with Gasteiger partial charge < -0.3 is 10.2 Å². The summed E-state index contributed by atoms with van der Waals surface area (Å²) >= 11 is 0. The number of nitrogens with one attached hydrogen (secondary N) is 1. The van der Waals surface area contributed by atoms with Gasteiger partial charge in [0.1, 0.15) is 6.23 Å². The first kappa shape index (κ1) is 11.6. The standard InChI is InChI=1S/C9H12N2O4/c12-6-5-10-9(13)7-1-3-8(4-2-7)11(14)15/h1-4,9-10,12-13H,5-6H2. The summed E-state index contributed by atoms with van der Waals surface area (Å²) in [6.45, 7) is 0.183. The minimum atomic E-state index is -0.919. The normalized spacial score (nSPS) is 12.4. The summed E-state index contributed by atoms with van der Waals surface area (Å²) in [5.74, 6) is 0. The molecule has 0 fully saturated rings. The van der Waals surface area contributed by atoms with Crippen LogP contribution >= 0.6 is 0 Å². The Kier molecular flexibility index (Phi) is 4.17. The molecule has 1 atom stereocenters. The summed E-state index contributed by atoms with van der Waals surface area (Å²) in [5.41, 5.74) is 0.502. The fraction of sp³-hybridized carbons (Fsp3) is 0.333. The molecular formula is C9H12N2O4. The average Bonchev–Trinajstić information content (AvgIpc) is 2.26. The predicted molar refractivity (Wildman–Crippen MR) is 53.1 cm³/mol. The van der Waals surface area contributed by atoms with Crippen LogP contribution in [0, 0.1) is 10.1 Å². The van der Waals surface area contributed by atoms with Gasteiger partial charge in [-0.3, -0.25) is 15.4 Å². The molecule has 0 spiro atoms. The highest BCUT2D eigenvalue weighted by Crippen LogP contribution is 2.15. The Hall–Kier alpha value is -1.50. The smallest absolute Gasteiger partial charge is 0.269 e. The van der Waals surface area contributed by atoms with Crippen molar-refractivity contribution in [2.24, 2.45) is 0 Å². The molecule has 1 unspecified atom stereocenters. The second-order valence-electron chi connectivity index (χ2n) is 2.93. The van der Waals surface area contributed by atoms with E-state index in [0.29, 0.717) is 5.56 Å². The van der Waals surface area contributed by atoms with Gasteiger partial charge in [-0.25, -0.2) is 0 Å². The molecule has 82 valence electrons. The Morgan fingerprint density at radius 1 is 1.40 bits per heavy atom. The summed E-state index contributed by atoms with van der Waals surface area (Å²) in [6, 6.07) is 5.57. The maximum absolute atomic E-state index is 10.3. The fourth-order valence-electron chi connectivity index (χ4n) is 1.10. The molecule has 0 aliphatic carbocycles. The van der Waals surface area contributed by atoms with Gasteiger partial charge in [0, 0.05) is 18.7 Å². The molecule has 0 saturated carbocycles. The lowest BCUT2D eigenvalue weighted by molar-refractivity contribution is -0.384. The molecule has 3 N–H and O–H groups in total. The van der Waals surface area contributed by atoms with Crippen LogP contribution in [-0.4, -0.2) is 28.3 Å². The fourth-order valence-corrected chi connectivity index (χ4v) is 1.10. The van der Waals surface area contributed by atoms with E-state index in [9.17, 15) is 15.2 Å². The number of hydrogen-bond acceptors (Lipinski definition) is 5. The molecule has 0 radical (unpaired) electrons. The molecule has 0 amide bonds. The Morgan fingerprint density at radius 3 is 2.47 bits per heavy atom. The summed E-state index contributed by atoms with van der Waals surface area (Å²) in [6.07, 6.45) is -0.919. The zero-order valence-electron chi connectivity index (χ0n) is 7.96. The minimum Gasteiger partial charge on any atom is -0.395 e. The Labute approximate surface area is 86.3 Å². The van der Waals surface area contributed by atoms with E-state index in [2.05, 4.69) is 5.32 Å². The number of aliphatic hydroxyl groups is 2. The molecular weight excluding hydrogens is 200 g/mol. The van der Waals surface area contributed by atoms with E-state index in [1.165, 1.54) is 24.3 Å². The molecule has 6 heteroatoms. The third-order valence-corrected chi connectivity index (χ3v) is 1.87. The van der Waals surface area contributed by atoms with Crippen LogP contribution in [-0.2, 0) is 0 Å². The van der Waals surface area contributed by atoms with Gasteiger partial charge >= 0.3 is 0 Å². The van der Waals surface area contributed by atoms with Crippen molar-refractivity contribution < 1.29 is 15.1 Å². The third-order valence-electron chi connectivity index (χ3n) is 1.87. The van der Waals surface area contributed by atoms with Gasteiger partial charge in [0.15, 0.2) is 0 Å². The van der Waals surface area contributed by atoms with Gasteiger partial charge in [-0.1, -0.05) is 0 Å². The van der Waals surface area contributed by atoms with Crippen molar-refractivity contribution in [1.82, 2.24) is 5.32 Å². The van der Waals surface area contributed by atoms with Crippen LogP contribution in [0.1, 0.15) is 11.8 Å². The summed E-state index contributed by atoms with van der Waals surface area (Å²) in [5, 5.41) is 31.0. The molecule has 1 aromatic carbocycles. The van der Waals surface area contributed by atoms with Crippen molar-refractivity contribution >= 4 is 5.69 Å². The van der Waals surface area contributed by atoms with E-state index in [0.717, 1.165) is 0 Å². The highest BCUT2D eigenvalue weighted by atomic mass is 16.6. The van der Waals surface area contributed by atoms with Gasteiger partial charge in [-0.15, -0.1) is 0 Å². The molecule has 15 heavy (non-hydrogen) atoms. The van der Waals surface area contributed by atoms with Gasteiger partial charge in [-0.05, 0) is 17.7 Å². The van der Waals surface area contributed by atoms with Gasteiger partial charge in [0.2, 0.25) is 0 Å². The van der Waals surface area contributed by atoms with E-state index in [1.807, 2.05) is 0 Å². The lowest BCUT2D eigenvalue weighted by Crippen LogP contribution is -2.23. The first-order chi connectivity index (χ1) is 7.15. The monoisotopic (exact) mass is 212 g/mol. The van der Waals surface area contributed by atoms with Crippen LogP contribution in [0.25, 0.3) is 0 Å². The number of non-ortho nitro benzene ring substituents is 1. The first-order valence-electron chi connectivity index (χ1n) is 4.42. The third kappa shape index (κ3) is 3.28. The molecule has 0 saturated heterocycles. The molecule has 6 nitrogen and oxygen atoms in total. The molecule has 0 aromatic heterocycles. The number of hydrogen-bond donors (Lipinski definition) is 3. The van der Waals surface area contributed by atoms with E-state index < -0.39 is 11.2 Å². The Balaban J connectivity index is 2.66. The van der Waals surface area contributed by atoms with Crippen LogP contribution in [0.15, 0.2) is 24.3 Å². The molecule has 0 aliphatic heterocycles. The highest BCUT2D eigenvalue weighted by molar-refractivity contribution is 5.33. The van der Waals surface area contributed by atoms with Crippen molar-refractivity contribution in [3.63, 3.8) is 0 Å². The number of nitro groups is 1. The summed E-state index contributed by atoms with van der Waals surface area (Å²) < 4.78 is 0. The zero-order chi connectivity index (χ0) is 11.3. The van der Waals surface area contributed by atoms with Crippen molar-refractivity contribution in [3.05, 3.63) is 39.9 Å². The number of rotatable bonds is 5. The lowest BCUT2D eigenvalue weighted by atomic mass is 10.2. The van der Waals surface area contributed by atoms with Crippen LogP contribution < -0.4 is 5.32 Å². The Bertz CT molecular complexity index is 325. The molecule has 0 aliphatic rings. The van der Waals surface area contributed by atoms with Crippen molar-refractivity contribution in [1.29, 1.82) is 0 Å². The maximum Gasteiger partial charge on any atom is 0.269 e. The maximum atomic E-state index is 10.3. The Morgan fingerprint density at radius 2 is 2.00 bits per heavy atom. The van der Waals surface area contributed by atoms with E-state index in [4.69, 9.17) is 5.11 Å². The van der Waals surface area contributed by atoms with Crippen LogP contribution in [0.2, 0.25) is 0 Å².